The van der Waals surface area contributed by atoms with Crippen molar-refractivity contribution in [1.82, 2.24) is 16.0 Å². The summed E-state index contributed by atoms with van der Waals surface area (Å²) in [4.78, 5) is 70.8. The second-order valence-electron chi connectivity index (χ2n) is 7.59. The molecule has 12 N–H and O–H groups in total. The highest BCUT2D eigenvalue weighted by Gasteiger charge is 2.29. The zero-order valence-corrected chi connectivity index (χ0v) is 18.7. The van der Waals surface area contributed by atoms with Crippen molar-refractivity contribution < 1.29 is 33.9 Å². The highest BCUT2D eigenvalue weighted by molar-refractivity contribution is 5.94. The average Bonchev–Trinajstić information content (AvgIpc) is 2.73. The van der Waals surface area contributed by atoms with Gasteiger partial charge < -0.3 is 44.0 Å². The molecule has 0 radical (unpaired) electrons. The van der Waals surface area contributed by atoms with Gasteiger partial charge in [-0.1, -0.05) is 0 Å². The lowest BCUT2D eigenvalue weighted by atomic mass is 10.0. The number of aliphatic carboxylic acids is 1. The number of unbranched alkanes of at least 4 members (excludes halogenated alkanes) is 1. The van der Waals surface area contributed by atoms with Crippen LogP contribution in [0.4, 0.5) is 0 Å². The third kappa shape index (κ3) is 13.0. The van der Waals surface area contributed by atoms with Crippen LogP contribution in [0.3, 0.4) is 0 Å². The molecule has 0 aliphatic carbocycles. The topological polar surface area (TPSA) is 263 Å². The number of carboxylic acid groups (broad SMARTS) is 1. The van der Waals surface area contributed by atoms with Crippen LogP contribution in [0, 0.1) is 0 Å². The Kier molecular flexibility index (Phi) is 14.0. The van der Waals surface area contributed by atoms with Gasteiger partial charge in [0.1, 0.15) is 18.1 Å². The van der Waals surface area contributed by atoms with Crippen LogP contribution in [-0.4, -0.2) is 71.3 Å². The summed E-state index contributed by atoms with van der Waals surface area (Å²) in [5.41, 5.74) is 21.3. The maximum absolute atomic E-state index is 12.8. The Hall–Kier alpha value is -3.26. The van der Waals surface area contributed by atoms with Gasteiger partial charge in [-0.3, -0.25) is 28.8 Å². The van der Waals surface area contributed by atoms with E-state index in [1.54, 1.807) is 0 Å². The van der Waals surface area contributed by atoms with Crippen LogP contribution < -0.4 is 38.9 Å². The minimum atomic E-state index is -1.26. The third-order valence-electron chi connectivity index (χ3n) is 4.66. The van der Waals surface area contributed by atoms with Gasteiger partial charge in [-0.05, 0) is 45.6 Å². The highest BCUT2D eigenvalue weighted by Crippen LogP contribution is 2.06. The van der Waals surface area contributed by atoms with Gasteiger partial charge in [-0.25, -0.2) is 0 Å². The first-order valence-corrected chi connectivity index (χ1v) is 10.5. The fourth-order valence-electron chi connectivity index (χ4n) is 2.67. The molecule has 0 aromatic carbocycles. The number of hydrogen-bond donors (Lipinski definition) is 8. The SMILES string of the molecule is CC(NC(=O)C(CCCCN)NC(=O)C(CCC(N)=O)NC(=O)C(N)CCC(N)=O)C(=O)O. The fraction of sp³-hybridized carbons (Fsp3) is 0.684. The summed E-state index contributed by atoms with van der Waals surface area (Å²) in [5, 5.41) is 16.1. The van der Waals surface area contributed by atoms with E-state index < -0.39 is 59.7 Å². The molecule has 0 rings (SSSR count). The van der Waals surface area contributed by atoms with Crippen LogP contribution in [-0.2, 0) is 28.8 Å². The quantitative estimate of drug-likeness (QED) is 0.0974. The molecular formula is C19H35N7O7. The van der Waals surface area contributed by atoms with E-state index in [1.807, 2.05) is 0 Å². The van der Waals surface area contributed by atoms with Crippen molar-refractivity contribution in [2.45, 2.75) is 76.0 Å². The number of primary amides is 2. The van der Waals surface area contributed by atoms with E-state index in [1.165, 1.54) is 6.92 Å². The normalized spacial score (nSPS) is 14.3. The van der Waals surface area contributed by atoms with Crippen molar-refractivity contribution in [2.75, 3.05) is 6.54 Å². The van der Waals surface area contributed by atoms with E-state index in [-0.39, 0.29) is 32.1 Å². The smallest absolute Gasteiger partial charge is 0.325 e. The van der Waals surface area contributed by atoms with E-state index in [0.29, 0.717) is 19.4 Å². The molecule has 4 atom stereocenters. The molecule has 14 heteroatoms. The van der Waals surface area contributed by atoms with Crippen LogP contribution in [0.15, 0.2) is 0 Å². The number of carbonyl (C=O) groups is 6. The summed E-state index contributed by atoms with van der Waals surface area (Å²) in [7, 11) is 0. The third-order valence-corrected chi connectivity index (χ3v) is 4.66. The van der Waals surface area contributed by atoms with Crippen molar-refractivity contribution in [1.29, 1.82) is 0 Å². The maximum Gasteiger partial charge on any atom is 0.325 e. The molecule has 0 aromatic heterocycles. The zero-order chi connectivity index (χ0) is 25.6. The van der Waals surface area contributed by atoms with Gasteiger partial charge >= 0.3 is 5.97 Å². The zero-order valence-electron chi connectivity index (χ0n) is 18.7. The maximum atomic E-state index is 12.8. The van der Waals surface area contributed by atoms with Crippen molar-refractivity contribution in [2.24, 2.45) is 22.9 Å². The molecule has 188 valence electrons. The van der Waals surface area contributed by atoms with Gasteiger partial charge in [0.25, 0.3) is 0 Å². The molecule has 0 fully saturated rings. The summed E-state index contributed by atoms with van der Waals surface area (Å²) in [6.07, 6.45) is 0.584. The van der Waals surface area contributed by atoms with E-state index in [4.69, 9.17) is 28.0 Å². The highest BCUT2D eigenvalue weighted by atomic mass is 16.4. The molecule has 0 spiro atoms. The lowest BCUT2D eigenvalue weighted by Gasteiger charge is -2.24. The fourth-order valence-corrected chi connectivity index (χ4v) is 2.67. The van der Waals surface area contributed by atoms with E-state index in [2.05, 4.69) is 16.0 Å². The molecule has 0 saturated heterocycles. The second kappa shape index (κ2) is 15.5. The monoisotopic (exact) mass is 473 g/mol. The molecule has 33 heavy (non-hydrogen) atoms. The molecule has 0 bridgehead atoms. The van der Waals surface area contributed by atoms with Crippen LogP contribution in [0.1, 0.15) is 51.9 Å². The van der Waals surface area contributed by atoms with Gasteiger partial charge in [0, 0.05) is 12.8 Å². The Morgan fingerprint density at radius 3 is 1.76 bits per heavy atom. The molecule has 4 unspecified atom stereocenters. The number of nitrogens with one attached hydrogen (secondary N) is 3. The van der Waals surface area contributed by atoms with Crippen molar-refractivity contribution in [3.05, 3.63) is 0 Å². The minimum absolute atomic E-state index is 0.0531. The minimum Gasteiger partial charge on any atom is -0.480 e. The largest absolute Gasteiger partial charge is 0.480 e. The molecule has 0 saturated carbocycles. The first kappa shape index (κ1) is 29.7. The first-order valence-electron chi connectivity index (χ1n) is 10.5. The first-order chi connectivity index (χ1) is 15.4. The number of rotatable bonds is 17. The molecule has 0 aliphatic heterocycles. The average molecular weight is 474 g/mol. The Bertz CT molecular complexity index is 717. The molecule has 0 aliphatic rings. The Morgan fingerprint density at radius 2 is 1.24 bits per heavy atom. The van der Waals surface area contributed by atoms with Crippen molar-refractivity contribution >= 4 is 35.5 Å². The lowest BCUT2D eigenvalue weighted by molar-refractivity contribution is -0.141. The Balaban J connectivity index is 5.39. The Morgan fingerprint density at radius 1 is 0.758 bits per heavy atom. The number of carboxylic acids is 1. The van der Waals surface area contributed by atoms with Crippen LogP contribution >= 0.6 is 0 Å². The van der Waals surface area contributed by atoms with Gasteiger partial charge in [0.2, 0.25) is 29.5 Å². The van der Waals surface area contributed by atoms with Crippen LogP contribution in [0.5, 0.6) is 0 Å². The van der Waals surface area contributed by atoms with E-state index in [0.717, 1.165) is 0 Å². The summed E-state index contributed by atoms with van der Waals surface area (Å²) in [6.45, 7) is 1.62. The predicted molar refractivity (Wildman–Crippen MR) is 117 cm³/mol. The van der Waals surface area contributed by atoms with Gasteiger partial charge in [0.05, 0.1) is 6.04 Å². The number of amides is 5. The summed E-state index contributed by atoms with van der Waals surface area (Å²) in [6, 6.07) is -4.70. The second-order valence-corrected chi connectivity index (χ2v) is 7.59. The van der Waals surface area contributed by atoms with Gasteiger partial charge in [-0.2, -0.15) is 0 Å². The van der Waals surface area contributed by atoms with E-state index >= 15 is 0 Å². The summed E-state index contributed by atoms with van der Waals surface area (Å²) >= 11 is 0. The number of hydrogen-bond acceptors (Lipinski definition) is 8. The molecule has 0 heterocycles. The molecule has 5 amide bonds. The van der Waals surface area contributed by atoms with Crippen LogP contribution in [0.2, 0.25) is 0 Å². The summed E-state index contributed by atoms with van der Waals surface area (Å²) in [5.74, 6) is -4.90. The standard InChI is InChI=1S/C19H35N7O7/c1-10(19(32)33)24-17(30)12(4-2-3-9-20)26-18(31)13(6-8-15(23)28)25-16(29)11(21)5-7-14(22)27/h10-13H,2-9,20-21H2,1H3,(H2,22,27)(H2,23,28)(H,24,30)(H,25,29)(H,26,31)(H,32,33). The number of carbonyl (C=O) groups excluding carboxylic acids is 5. The van der Waals surface area contributed by atoms with E-state index in [9.17, 15) is 28.8 Å². The number of nitrogens with two attached hydrogens (primary N) is 4. The van der Waals surface area contributed by atoms with Crippen molar-refractivity contribution in [3.63, 3.8) is 0 Å². The Labute approximate surface area is 191 Å². The molecule has 14 nitrogen and oxygen atoms in total. The van der Waals surface area contributed by atoms with Crippen molar-refractivity contribution in [3.8, 4) is 0 Å². The lowest BCUT2D eigenvalue weighted by Crippen LogP contribution is -2.57. The van der Waals surface area contributed by atoms with Gasteiger partial charge in [0.15, 0.2) is 0 Å². The van der Waals surface area contributed by atoms with Gasteiger partial charge in [-0.15, -0.1) is 0 Å². The summed E-state index contributed by atoms with van der Waals surface area (Å²) < 4.78 is 0. The predicted octanol–water partition coefficient (Wildman–Crippen LogP) is -3.47. The molecular weight excluding hydrogens is 438 g/mol. The van der Waals surface area contributed by atoms with Crippen LogP contribution in [0.25, 0.3) is 0 Å². The molecule has 0 aromatic rings.